The van der Waals surface area contributed by atoms with Crippen molar-refractivity contribution in [3.05, 3.63) is 29.0 Å². The molecule has 0 saturated heterocycles. The maximum absolute atomic E-state index is 13.8. The van der Waals surface area contributed by atoms with Crippen molar-refractivity contribution in [3.8, 4) is 0 Å². The van der Waals surface area contributed by atoms with Crippen molar-refractivity contribution in [2.24, 2.45) is 5.92 Å². The van der Waals surface area contributed by atoms with Crippen LogP contribution in [0.1, 0.15) is 32.6 Å². The Kier molecular flexibility index (Phi) is 4.72. The van der Waals surface area contributed by atoms with Gasteiger partial charge < -0.3 is 0 Å². The fourth-order valence-electron chi connectivity index (χ4n) is 2.64. The van der Waals surface area contributed by atoms with E-state index in [0.29, 0.717) is 5.92 Å². The Labute approximate surface area is 124 Å². The molecule has 2 rings (SSSR count). The first-order valence-corrected chi connectivity index (χ1v) is 8.57. The summed E-state index contributed by atoms with van der Waals surface area (Å²) >= 11 is 5.66. The van der Waals surface area contributed by atoms with Gasteiger partial charge in [-0.05, 0) is 49.8 Å². The van der Waals surface area contributed by atoms with Crippen LogP contribution in [0.25, 0.3) is 0 Å². The summed E-state index contributed by atoms with van der Waals surface area (Å²) in [7, 11) is -2.27. The Morgan fingerprint density at radius 2 is 1.85 bits per heavy atom. The standard InChI is InChI=1S/C14H19ClFNO2S/c1-10-3-6-12(7-4-10)17(2)20(18,19)14-8-5-11(15)9-13(14)16/h5,8-10,12H,3-4,6-7H2,1-2H3. The van der Waals surface area contributed by atoms with E-state index in [9.17, 15) is 12.8 Å². The second kappa shape index (κ2) is 6.00. The molecule has 0 radical (unpaired) electrons. The lowest BCUT2D eigenvalue weighted by molar-refractivity contribution is 0.245. The zero-order valence-corrected chi connectivity index (χ0v) is 13.2. The normalized spacial score (nSPS) is 24.1. The molecule has 112 valence electrons. The van der Waals surface area contributed by atoms with E-state index in [4.69, 9.17) is 11.6 Å². The van der Waals surface area contributed by atoms with E-state index < -0.39 is 15.8 Å². The number of benzene rings is 1. The van der Waals surface area contributed by atoms with Gasteiger partial charge in [-0.2, -0.15) is 4.31 Å². The van der Waals surface area contributed by atoms with Crippen LogP contribution in [-0.4, -0.2) is 25.8 Å². The van der Waals surface area contributed by atoms with Crippen LogP contribution >= 0.6 is 11.6 Å². The fraction of sp³-hybridized carbons (Fsp3) is 0.571. The molecule has 0 N–H and O–H groups in total. The number of nitrogens with zero attached hydrogens (tertiary/aromatic N) is 1. The highest BCUT2D eigenvalue weighted by molar-refractivity contribution is 7.89. The van der Waals surface area contributed by atoms with Crippen LogP contribution in [0.3, 0.4) is 0 Å². The van der Waals surface area contributed by atoms with E-state index in [1.54, 1.807) is 0 Å². The molecule has 0 amide bonds. The van der Waals surface area contributed by atoms with Gasteiger partial charge >= 0.3 is 0 Å². The Morgan fingerprint density at radius 3 is 2.40 bits per heavy atom. The van der Waals surface area contributed by atoms with E-state index in [1.165, 1.54) is 23.5 Å². The molecule has 3 nitrogen and oxygen atoms in total. The van der Waals surface area contributed by atoms with Gasteiger partial charge in [-0.1, -0.05) is 18.5 Å². The van der Waals surface area contributed by atoms with Gasteiger partial charge in [0.25, 0.3) is 0 Å². The maximum atomic E-state index is 13.8. The third-order valence-electron chi connectivity index (χ3n) is 4.05. The van der Waals surface area contributed by atoms with Crippen molar-refractivity contribution in [3.63, 3.8) is 0 Å². The highest BCUT2D eigenvalue weighted by Crippen LogP contribution is 2.30. The fourth-order valence-corrected chi connectivity index (χ4v) is 4.26. The zero-order valence-electron chi connectivity index (χ0n) is 11.6. The van der Waals surface area contributed by atoms with Crippen LogP contribution in [0.4, 0.5) is 4.39 Å². The monoisotopic (exact) mass is 319 g/mol. The van der Waals surface area contributed by atoms with Gasteiger partial charge in [0.2, 0.25) is 10.0 Å². The molecule has 1 aromatic rings. The number of hydrogen-bond donors (Lipinski definition) is 0. The Morgan fingerprint density at radius 1 is 1.25 bits per heavy atom. The summed E-state index contributed by atoms with van der Waals surface area (Å²) in [5.41, 5.74) is 0. The third-order valence-corrected chi connectivity index (χ3v) is 6.23. The van der Waals surface area contributed by atoms with Crippen LogP contribution in [0.15, 0.2) is 23.1 Å². The molecule has 0 heterocycles. The van der Waals surface area contributed by atoms with Crippen molar-refractivity contribution < 1.29 is 12.8 Å². The van der Waals surface area contributed by atoms with Crippen LogP contribution in [0.2, 0.25) is 5.02 Å². The smallest absolute Gasteiger partial charge is 0.207 e. The van der Waals surface area contributed by atoms with E-state index in [0.717, 1.165) is 31.7 Å². The molecule has 1 fully saturated rings. The quantitative estimate of drug-likeness (QED) is 0.852. The first-order valence-electron chi connectivity index (χ1n) is 6.75. The van der Waals surface area contributed by atoms with Crippen molar-refractivity contribution in [2.75, 3.05) is 7.05 Å². The minimum atomic E-state index is -3.80. The van der Waals surface area contributed by atoms with Crippen LogP contribution in [-0.2, 0) is 10.0 Å². The van der Waals surface area contributed by atoms with Crippen molar-refractivity contribution >= 4 is 21.6 Å². The van der Waals surface area contributed by atoms with Gasteiger partial charge in [0.1, 0.15) is 10.7 Å². The van der Waals surface area contributed by atoms with Crippen molar-refractivity contribution in [1.82, 2.24) is 4.31 Å². The van der Waals surface area contributed by atoms with E-state index in [1.807, 2.05) is 0 Å². The zero-order chi connectivity index (χ0) is 14.9. The van der Waals surface area contributed by atoms with E-state index >= 15 is 0 Å². The molecule has 1 aliphatic carbocycles. The molecule has 0 aromatic heterocycles. The molecule has 0 unspecified atom stereocenters. The lowest BCUT2D eigenvalue weighted by atomic mass is 9.87. The highest BCUT2D eigenvalue weighted by atomic mass is 35.5. The van der Waals surface area contributed by atoms with Gasteiger partial charge in [-0.15, -0.1) is 0 Å². The molecule has 1 aliphatic rings. The van der Waals surface area contributed by atoms with Gasteiger partial charge in [0.05, 0.1) is 0 Å². The van der Waals surface area contributed by atoms with Gasteiger partial charge in [-0.3, -0.25) is 0 Å². The largest absolute Gasteiger partial charge is 0.245 e. The first kappa shape index (κ1) is 15.7. The summed E-state index contributed by atoms with van der Waals surface area (Å²) in [6.45, 7) is 2.17. The summed E-state index contributed by atoms with van der Waals surface area (Å²) in [6, 6.07) is 3.61. The Balaban J connectivity index is 2.25. The third kappa shape index (κ3) is 3.15. The second-order valence-corrected chi connectivity index (χ2v) is 7.91. The molecule has 1 aromatic carbocycles. The van der Waals surface area contributed by atoms with Crippen LogP contribution in [0.5, 0.6) is 0 Å². The SMILES string of the molecule is CC1CCC(N(C)S(=O)(=O)c2ccc(Cl)cc2F)CC1. The molecule has 0 atom stereocenters. The second-order valence-electron chi connectivity index (χ2n) is 5.51. The molecule has 20 heavy (non-hydrogen) atoms. The van der Waals surface area contributed by atoms with Gasteiger partial charge in [-0.25, -0.2) is 12.8 Å². The minimum Gasteiger partial charge on any atom is -0.207 e. The molecular formula is C14H19ClFNO2S. The van der Waals surface area contributed by atoms with Gasteiger partial charge in [0.15, 0.2) is 0 Å². The Hall–Kier alpha value is -0.650. The molecule has 1 saturated carbocycles. The summed E-state index contributed by atoms with van der Waals surface area (Å²) in [5.74, 6) is -0.164. The average Bonchev–Trinajstić information content (AvgIpc) is 2.38. The summed E-state index contributed by atoms with van der Waals surface area (Å²) in [6.07, 6.45) is 3.67. The molecule has 0 spiro atoms. The number of sulfonamides is 1. The van der Waals surface area contributed by atoms with Crippen molar-refractivity contribution in [2.45, 2.75) is 43.5 Å². The molecule has 0 aliphatic heterocycles. The van der Waals surface area contributed by atoms with Crippen molar-refractivity contribution in [1.29, 1.82) is 0 Å². The predicted molar refractivity (Wildman–Crippen MR) is 77.8 cm³/mol. The number of hydrogen-bond acceptors (Lipinski definition) is 2. The molecule has 6 heteroatoms. The molecular weight excluding hydrogens is 301 g/mol. The Bertz CT molecular complexity index is 583. The maximum Gasteiger partial charge on any atom is 0.245 e. The molecule has 0 bridgehead atoms. The summed E-state index contributed by atoms with van der Waals surface area (Å²) in [4.78, 5) is -0.303. The highest BCUT2D eigenvalue weighted by Gasteiger charge is 2.32. The lowest BCUT2D eigenvalue weighted by Crippen LogP contribution is -2.39. The topological polar surface area (TPSA) is 37.4 Å². The first-order chi connectivity index (χ1) is 9.32. The van der Waals surface area contributed by atoms with Crippen LogP contribution in [0, 0.1) is 11.7 Å². The lowest BCUT2D eigenvalue weighted by Gasteiger charge is -2.32. The van der Waals surface area contributed by atoms with Gasteiger partial charge in [0, 0.05) is 18.1 Å². The number of halogens is 2. The van der Waals surface area contributed by atoms with E-state index in [-0.39, 0.29) is 16.0 Å². The summed E-state index contributed by atoms with van der Waals surface area (Å²) in [5, 5.41) is 0.190. The summed E-state index contributed by atoms with van der Waals surface area (Å²) < 4.78 is 40.1. The average molecular weight is 320 g/mol. The minimum absolute atomic E-state index is 0.0497. The van der Waals surface area contributed by atoms with E-state index in [2.05, 4.69) is 6.92 Å². The number of rotatable bonds is 3. The van der Waals surface area contributed by atoms with Crippen LogP contribution < -0.4 is 0 Å². The predicted octanol–water partition coefficient (Wildman–Crippen LogP) is 3.68.